The minimum atomic E-state index is -0.340. The minimum absolute atomic E-state index is 0.340. The van der Waals surface area contributed by atoms with Crippen LogP contribution in [0.25, 0.3) is 22.6 Å². The van der Waals surface area contributed by atoms with Gasteiger partial charge in [-0.1, -0.05) is 78.9 Å². The lowest BCUT2D eigenvalue weighted by molar-refractivity contribution is -0.130. The molecule has 1 aliphatic rings. The van der Waals surface area contributed by atoms with Crippen LogP contribution in [0.3, 0.4) is 0 Å². The Morgan fingerprint density at radius 1 is 0.774 bits per heavy atom. The third kappa shape index (κ3) is 4.26. The Balaban J connectivity index is 1.32. The fraction of sp³-hybridized carbons (Fsp3) is 0.0357. The van der Waals surface area contributed by atoms with Crippen molar-refractivity contribution in [2.24, 2.45) is 0 Å². The maximum atomic E-state index is 12.4. The van der Waals surface area contributed by atoms with Gasteiger partial charge in [0.15, 0.2) is 0 Å². The second kappa shape index (κ2) is 8.33. The van der Waals surface area contributed by atoms with Crippen molar-refractivity contribution in [3.8, 4) is 5.75 Å². The number of carbonyl (C=O) groups is 1. The number of hydrogen-bond acceptors (Lipinski definition) is 3. The van der Waals surface area contributed by atoms with Crippen molar-refractivity contribution in [1.82, 2.24) is 0 Å². The van der Waals surface area contributed by atoms with Crippen LogP contribution in [0.1, 0.15) is 16.7 Å². The first-order valence-electron chi connectivity index (χ1n) is 10.2. The molecule has 0 N–H and O–H groups in total. The first-order chi connectivity index (χ1) is 15.2. The van der Waals surface area contributed by atoms with E-state index in [2.05, 4.69) is 6.07 Å². The third-order valence-corrected chi connectivity index (χ3v) is 5.21. The molecule has 0 atom stereocenters. The van der Waals surface area contributed by atoms with Crippen LogP contribution in [0.4, 0.5) is 0 Å². The summed E-state index contributed by atoms with van der Waals surface area (Å²) in [5.41, 5.74) is 3.45. The molecule has 31 heavy (non-hydrogen) atoms. The summed E-state index contributed by atoms with van der Waals surface area (Å²) in [5, 5.41) is 2.27. The van der Waals surface area contributed by atoms with Crippen LogP contribution in [0, 0.1) is 0 Å². The molecule has 0 fully saturated rings. The Morgan fingerprint density at radius 2 is 1.52 bits per heavy atom. The molecule has 0 bridgehead atoms. The van der Waals surface area contributed by atoms with E-state index in [-0.39, 0.29) is 5.97 Å². The number of carbonyl (C=O) groups excluding carboxylic acids is 1. The molecule has 0 aliphatic carbocycles. The smallest absolute Gasteiger partial charge is 0.343 e. The maximum Gasteiger partial charge on any atom is 0.343 e. The van der Waals surface area contributed by atoms with Gasteiger partial charge >= 0.3 is 5.97 Å². The normalized spacial score (nSPS) is 14.5. The Labute approximate surface area is 180 Å². The molecule has 1 heterocycles. The van der Waals surface area contributed by atoms with Gasteiger partial charge < -0.3 is 9.47 Å². The van der Waals surface area contributed by atoms with Gasteiger partial charge in [-0.25, -0.2) is 4.79 Å². The zero-order valence-electron chi connectivity index (χ0n) is 16.8. The van der Waals surface area contributed by atoms with Gasteiger partial charge in [0.1, 0.15) is 18.1 Å². The zero-order valence-corrected chi connectivity index (χ0v) is 16.8. The van der Waals surface area contributed by atoms with E-state index < -0.39 is 0 Å². The van der Waals surface area contributed by atoms with Crippen LogP contribution in [0.2, 0.25) is 0 Å². The largest absolute Gasteiger partial charge is 0.489 e. The molecule has 1 aliphatic heterocycles. The van der Waals surface area contributed by atoms with Gasteiger partial charge in [0.2, 0.25) is 0 Å². The van der Waals surface area contributed by atoms with Gasteiger partial charge in [0.25, 0.3) is 0 Å². The lowest BCUT2D eigenvalue weighted by atomic mass is 10.1. The summed E-state index contributed by atoms with van der Waals surface area (Å²) in [6.07, 6.45) is 3.63. The molecule has 4 aromatic carbocycles. The first-order valence-corrected chi connectivity index (χ1v) is 10.2. The van der Waals surface area contributed by atoms with Crippen molar-refractivity contribution >= 4 is 28.6 Å². The van der Waals surface area contributed by atoms with Crippen LogP contribution in [0.15, 0.2) is 109 Å². The summed E-state index contributed by atoms with van der Waals surface area (Å²) in [6, 6.07) is 31.9. The number of benzene rings is 4. The Morgan fingerprint density at radius 3 is 2.32 bits per heavy atom. The molecule has 5 rings (SSSR count). The van der Waals surface area contributed by atoms with Crippen molar-refractivity contribution in [2.75, 3.05) is 0 Å². The summed E-state index contributed by atoms with van der Waals surface area (Å²) >= 11 is 0. The number of ether oxygens (including phenoxy) is 2. The molecule has 3 nitrogen and oxygen atoms in total. The second-order valence-electron chi connectivity index (χ2n) is 7.40. The van der Waals surface area contributed by atoms with Gasteiger partial charge in [-0.2, -0.15) is 0 Å². The predicted octanol–water partition coefficient (Wildman–Crippen LogP) is 6.40. The molecular formula is C28H20O3. The summed E-state index contributed by atoms with van der Waals surface area (Å²) in [7, 11) is 0. The summed E-state index contributed by atoms with van der Waals surface area (Å²) < 4.78 is 11.3. The molecule has 0 spiro atoms. The SMILES string of the molecule is O=C1OC(c2ccc3ccccc3c2)=C/C1=C/c1ccc(OCc2ccccc2)cc1. The zero-order chi connectivity index (χ0) is 21.0. The lowest BCUT2D eigenvalue weighted by Gasteiger charge is -2.06. The molecular weight excluding hydrogens is 384 g/mol. The van der Waals surface area contributed by atoms with Crippen molar-refractivity contribution in [3.05, 3.63) is 125 Å². The molecule has 0 radical (unpaired) electrons. The van der Waals surface area contributed by atoms with Gasteiger partial charge in [0, 0.05) is 5.56 Å². The van der Waals surface area contributed by atoms with Crippen LogP contribution >= 0.6 is 0 Å². The van der Waals surface area contributed by atoms with E-state index in [9.17, 15) is 4.79 Å². The first kappa shape index (κ1) is 18.9. The van der Waals surface area contributed by atoms with Gasteiger partial charge in [-0.3, -0.25) is 0 Å². The predicted molar refractivity (Wildman–Crippen MR) is 123 cm³/mol. The van der Waals surface area contributed by atoms with Crippen LogP contribution < -0.4 is 4.74 Å². The number of esters is 1. The number of fused-ring (bicyclic) bond motifs is 1. The highest BCUT2D eigenvalue weighted by atomic mass is 16.5. The monoisotopic (exact) mass is 404 g/mol. The Hall–Kier alpha value is -4.11. The van der Waals surface area contributed by atoms with E-state index in [1.54, 1.807) is 6.08 Å². The number of rotatable bonds is 5. The minimum Gasteiger partial charge on any atom is -0.489 e. The standard InChI is InChI=1S/C28H20O3/c29-28-25(18-27(31-28)24-13-12-22-8-4-5-9-23(22)17-24)16-20-10-14-26(15-11-20)30-19-21-6-2-1-3-7-21/h1-18H,19H2/b25-16-. The van der Waals surface area contributed by atoms with Gasteiger partial charge in [-0.15, -0.1) is 0 Å². The van der Waals surface area contributed by atoms with Gasteiger partial charge in [0.05, 0.1) is 5.57 Å². The van der Waals surface area contributed by atoms with Gasteiger partial charge in [-0.05, 0) is 52.3 Å². The number of cyclic esters (lactones) is 1. The van der Waals surface area contributed by atoms with E-state index in [4.69, 9.17) is 9.47 Å². The average molecular weight is 404 g/mol. The van der Waals surface area contributed by atoms with E-state index in [0.29, 0.717) is 17.9 Å². The fourth-order valence-corrected chi connectivity index (χ4v) is 3.55. The van der Waals surface area contributed by atoms with Crippen molar-refractivity contribution < 1.29 is 14.3 Å². The van der Waals surface area contributed by atoms with E-state index in [0.717, 1.165) is 33.2 Å². The van der Waals surface area contributed by atoms with E-state index >= 15 is 0 Å². The highest BCUT2D eigenvalue weighted by Gasteiger charge is 2.22. The van der Waals surface area contributed by atoms with Crippen LogP contribution in [-0.4, -0.2) is 5.97 Å². The highest BCUT2D eigenvalue weighted by molar-refractivity contribution is 6.05. The summed E-state index contributed by atoms with van der Waals surface area (Å²) in [6.45, 7) is 0.519. The molecule has 0 aromatic heterocycles. The Bertz CT molecular complexity index is 1300. The summed E-state index contributed by atoms with van der Waals surface area (Å²) in [5.74, 6) is 1.02. The van der Waals surface area contributed by atoms with Crippen LogP contribution in [-0.2, 0) is 16.1 Å². The molecule has 3 heteroatoms. The third-order valence-electron chi connectivity index (χ3n) is 5.21. The molecule has 0 saturated heterocycles. The molecule has 150 valence electrons. The summed E-state index contributed by atoms with van der Waals surface area (Å²) in [4.78, 5) is 12.4. The maximum absolute atomic E-state index is 12.4. The van der Waals surface area contributed by atoms with Crippen LogP contribution in [0.5, 0.6) is 5.75 Å². The topological polar surface area (TPSA) is 35.5 Å². The fourth-order valence-electron chi connectivity index (χ4n) is 3.55. The van der Waals surface area contributed by atoms with Crippen molar-refractivity contribution in [2.45, 2.75) is 6.61 Å². The lowest BCUT2D eigenvalue weighted by Crippen LogP contribution is -1.97. The molecule has 0 unspecified atom stereocenters. The van der Waals surface area contributed by atoms with Crippen molar-refractivity contribution in [1.29, 1.82) is 0 Å². The van der Waals surface area contributed by atoms with Crippen molar-refractivity contribution in [3.63, 3.8) is 0 Å². The quantitative estimate of drug-likeness (QED) is 0.285. The highest BCUT2D eigenvalue weighted by Crippen LogP contribution is 2.29. The molecule has 4 aromatic rings. The average Bonchev–Trinajstić information content (AvgIpc) is 3.19. The van der Waals surface area contributed by atoms with E-state index in [1.807, 2.05) is 97.1 Å². The van der Waals surface area contributed by atoms with E-state index in [1.165, 1.54) is 0 Å². The second-order valence-corrected chi connectivity index (χ2v) is 7.40. The molecule has 0 amide bonds. The number of hydrogen-bond donors (Lipinski definition) is 0. The molecule has 0 saturated carbocycles. The Kier molecular flexibility index (Phi) is 5.07.